The number of halogens is 3. The molecule has 1 aromatic heterocycles. The summed E-state index contributed by atoms with van der Waals surface area (Å²) in [5, 5.41) is 8.65. The molecule has 0 atom stereocenters. The van der Waals surface area contributed by atoms with Crippen molar-refractivity contribution in [2.75, 3.05) is 5.75 Å². The fourth-order valence-electron chi connectivity index (χ4n) is 1.20. The van der Waals surface area contributed by atoms with E-state index in [1.807, 2.05) is 0 Å². The van der Waals surface area contributed by atoms with Gasteiger partial charge in [0.1, 0.15) is 4.34 Å². The first-order valence-corrected chi connectivity index (χ1v) is 6.96. The van der Waals surface area contributed by atoms with Gasteiger partial charge in [0.2, 0.25) is 0 Å². The van der Waals surface area contributed by atoms with E-state index in [0.29, 0.717) is 20.7 Å². The zero-order valence-electron chi connectivity index (χ0n) is 9.58. The number of nitrogens with zero attached hydrogens (tertiary/aromatic N) is 1. The van der Waals surface area contributed by atoms with Crippen LogP contribution in [0.25, 0.3) is 0 Å². The number of hydrogen-bond donors (Lipinski definition) is 1. The van der Waals surface area contributed by atoms with Crippen molar-refractivity contribution >= 4 is 29.1 Å². The predicted octanol–water partition coefficient (Wildman–Crippen LogP) is 3.51. The van der Waals surface area contributed by atoms with Crippen LogP contribution >= 0.6 is 23.1 Å². The maximum atomic E-state index is 11.9. The second-order valence-corrected chi connectivity index (χ2v) is 6.05. The molecule has 18 heavy (non-hydrogen) atoms. The van der Waals surface area contributed by atoms with Crippen LogP contribution in [-0.2, 0) is 11.2 Å². The fourth-order valence-corrected chi connectivity index (χ4v) is 3.43. The summed E-state index contributed by atoms with van der Waals surface area (Å²) in [7, 11) is 0. The highest BCUT2D eigenvalue weighted by Gasteiger charge is 2.26. The Kier molecular flexibility index (Phi) is 5.46. The van der Waals surface area contributed by atoms with Gasteiger partial charge in [0, 0.05) is 17.1 Å². The first-order valence-electron chi connectivity index (χ1n) is 5.15. The third-order valence-corrected chi connectivity index (χ3v) is 4.40. The third-order valence-electron chi connectivity index (χ3n) is 2.01. The molecule has 0 saturated heterocycles. The molecule has 0 amide bonds. The van der Waals surface area contributed by atoms with E-state index in [2.05, 4.69) is 4.98 Å². The van der Waals surface area contributed by atoms with Crippen LogP contribution in [0.5, 0.6) is 0 Å². The number of aliphatic carboxylic acids is 1. The van der Waals surface area contributed by atoms with Crippen molar-refractivity contribution in [3.8, 4) is 0 Å². The molecule has 8 heteroatoms. The Morgan fingerprint density at radius 2 is 2.17 bits per heavy atom. The van der Waals surface area contributed by atoms with Crippen molar-refractivity contribution < 1.29 is 23.1 Å². The number of carbonyl (C=O) groups is 1. The van der Waals surface area contributed by atoms with E-state index < -0.39 is 18.6 Å². The van der Waals surface area contributed by atoms with Crippen molar-refractivity contribution in [3.63, 3.8) is 0 Å². The van der Waals surface area contributed by atoms with Gasteiger partial charge in [0.05, 0.1) is 12.1 Å². The molecule has 0 aromatic carbocycles. The molecule has 102 valence electrons. The number of aryl methyl sites for hydroxylation is 1. The zero-order chi connectivity index (χ0) is 13.8. The van der Waals surface area contributed by atoms with E-state index >= 15 is 0 Å². The topological polar surface area (TPSA) is 50.2 Å². The quantitative estimate of drug-likeness (QED) is 0.645. The summed E-state index contributed by atoms with van der Waals surface area (Å²) in [6.45, 7) is 1.70. The standard InChI is InChI=1S/C10H12F3NO2S2/c1-6-7(5-8(15)16)18-9(14-6)17-4-2-3-10(11,12)13/h2-5H2,1H3,(H,15,16). The number of alkyl halides is 3. The predicted molar refractivity (Wildman–Crippen MR) is 64.2 cm³/mol. The van der Waals surface area contributed by atoms with E-state index in [1.165, 1.54) is 23.1 Å². The molecular weight excluding hydrogens is 287 g/mol. The number of rotatable bonds is 6. The molecule has 0 unspecified atom stereocenters. The van der Waals surface area contributed by atoms with Crippen LogP contribution in [0.2, 0.25) is 0 Å². The summed E-state index contributed by atoms with van der Waals surface area (Å²) in [6.07, 6.45) is -4.96. The van der Waals surface area contributed by atoms with Crippen LogP contribution < -0.4 is 0 Å². The monoisotopic (exact) mass is 299 g/mol. The smallest absolute Gasteiger partial charge is 0.389 e. The average Bonchev–Trinajstić information content (AvgIpc) is 2.52. The molecule has 0 fully saturated rings. The summed E-state index contributed by atoms with van der Waals surface area (Å²) in [6, 6.07) is 0. The number of carboxylic acids is 1. The SMILES string of the molecule is Cc1nc(SCCCC(F)(F)F)sc1CC(=O)O. The minimum atomic E-state index is -4.12. The number of thiazole rings is 1. The number of carboxylic acid groups (broad SMARTS) is 1. The molecule has 0 saturated carbocycles. The minimum absolute atomic E-state index is 0.0427. The Hall–Kier alpha value is -0.760. The second kappa shape index (κ2) is 6.42. The van der Waals surface area contributed by atoms with Gasteiger partial charge in [-0.25, -0.2) is 4.98 Å². The van der Waals surface area contributed by atoms with Gasteiger partial charge in [0.15, 0.2) is 0 Å². The van der Waals surface area contributed by atoms with Crippen LogP contribution in [0.3, 0.4) is 0 Å². The van der Waals surface area contributed by atoms with Crippen LogP contribution in [-0.4, -0.2) is 28.0 Å². The summed E-state index contributed by atoms with van der Waals surface area (Å²) in [5.41, 5.74) is 0.640. The largest absolute Gasteiger partial charge is 0.481 e. The molecule has 1 heterocycles. The molecule has 0 radical (unpaired) electrons. The van der Waals surface area contributed by atoms with Gasteiger partial charge >= 0.3 is 12.1 Å². The van der Waals surface area contributed by atoms with Gasteiger partial charge < -0.3 is 5.11 Å². The molecule has 1 N–H and O–H groups in total. The van der Waals surface area contributed by atoms with Crippen molar-refractivity contribution in [2.45, 2.75) is 36.7 Å². The van der Waals surface area contributed by atoms with Crippen molar-refractivity contribution in [1.82, 2.24) is 4.98 Å². The third kappa shape index (κ3) is 5.72. The van der Waals surface area contributed by atoms with Crippen molar-refractivity contribution in [2.24, 2.45) is 0 Å². The van der Waals surface area contributed by atoms with Gasteiger partial charge in [-0.2, -0.15) is 13.2 Å². The van der Waals surface area contributed by atoms with E-state index in [9.17, 15) is 18.0 Å². The molecule has 1 rings (SSSR count). The van der Waals surface area contributed by atoms with E-state index in [0.717, 1.165) is 0 Å². The summed E-state index contributed by atoms with van der Waals surface area (Å²) < 4.78 is 36.3. The highest BCUT2D eigenvalue weighted by molar-refractivity contribution is 8.01. The molecule has 0 aliphatic heterocycles. The Morgan fingerprint density at radius 3 is 2.72 bits per heavy atom. The molecule has 0 spiro atoms. The molecule has 0 aliphatic carbocycles. The molecule has 0 bridgehead atoms. The highest BCUT2D eigenvalue weighted by atomic mass is 32.2. The second-order valence-electron chi connectivity index (χ2n) is 3.63. The minimum Gasteiger partial charge on any atom is -0.481 e. The van der Waals surface area contributed by atoms with Gasteiger partial charge in [-0.3, -0.25) is 4.79 Å². The first-order chi connectivity index (χ1) is 8.28. The lowest BCUT2D eigenvalue weighted by molar-refractivity contribution is -0.136. The van der Waals surface area contributed by atoms with Crippen LogP contribution in [0.1, 0.15) is 23.4 Å². The Bertz CT molecular complexity index is 418. The first kappa shape index (κ1) is 15.3. The lowest BCUT2D eigenvalue weighted by Crippen LogP contribution is -2.06. The van der Waals surface area contributed by atoms with Crippen LogP contribution in [0.15, 0.2) is 4.34 Å². The molecule has 3 nitrogen and oxygen atoms in total. The van der Waals surface area contributed by atoms with E-state index in [1.54, 1.807) is 6.92 Å². The number of thioether (sulfide) groups is 1. The lowest BCUT2D eigenvalue weighted by Gasteiger charge is -2.04. The highest BCUT2D eigenvalue weighted by Crippen LogP contribution is 2.29. The number of hydrogen-bond acceptors (Lipinski definition) is 4. The van der Waals surface area contributed by atoms with Gasteiger partial charge in [-0.05, 0) is 13.3 Å². The maximum absolute atomic E-state index is 11.9. The summed E-state index contributed by atoms with van der Waals surface area (Å²) in [4.78, 5) is 15.3. The Labute approximate surface area is 110 Å². The molecule has 0 aliphatic rings. The average molecular weight is 299 g/mol. The van der Waals surface area contributed by atoms with Crippen molar-refractivity contribution in [3.05, 3.63) is 10.6 Å². The summed E-state index contributed by atoms with van der Waals surface area (Å²) >= 11 is 2.47. The molecule has 1 aromatic rings. The van der Waals surface area contributed by atoms with Crippen LogP contribution in [0, 0.1) is 6.92 Å². The van der Waals surface area contributed by atoms with Crippen LogP contribution in [0.4, 0.5) is 13.2 Å². The van der Waals surface area contributed by atoms with Gasteiger partial charge in [-0.1, -0.05) is 11.8 Å². The Balaban J connectivity index is 2.41. The van der Waals surface area contributed by atoms with Gasteiger partial charge in [0.25, 0.3) is 0 Å². The normalized spacial score (nSPS) is 11.8. The van der Waals surface area contributed by atoms with Gasteiger partial charge in [-0.15, -0.1) is 11.3 Å². The zero-order valence-corrected chi connectivity index (χ0v) is 11.2. The lowest BCUT2D eigenvalue weighted by atomic mass is 10.3. The van der Waals surface area contributed by atoms with Crippen molar-refractivity contribution in [1.29, 1.82) is 0 Å². The number of aromatic nitrogens is 1. The van der Waals surface area contributed by atoms with E-state index in [4.69, 9.17) is 5.11 Å². The fraction of sp³-hybridized carbons (Fsp3) is 0.600. The Morgan fingerprint density at radius 1 is 1.50 bits per heavy atom. The van der Waals surface area contributed by atoms with E-state index in [-0.39, 0.29) is 12.8 Å². The maximum Gasteiger partial charge on any atom is 0.389 e. The summed E-state index contributed by atoms with van der Waals surface area (Å²) in [5.74, 6) is -0.603. The molecular formula is C10H12F3NO2S2.